The second-order valence-electron chi connectivity index (χ2n) is 5.01. The molecule has 4 rings (SSSR count). The smallest absolute Gasteiger partial charge is 0.361 e. The molecule has 8 heteroatoms. The van der Waals surface area contributed by atoms with Crippen LogP contribution in [-0.2, 0) is 4.74 Å². The van der Waals surface area contributed by atoms with Gasteiger partial charge >= 0.3 is 6.01 Å². The third-order valence-corrected chi connectivity index (χ3v) is 3.61. The van der Waals surface area contributed by atoms with Gasteiger partial charge in [-0.05, 0) is 35.9 Å². The van der Waals surface area contributed by atoms with E-state index >= 15 is 0 Å². The zero-order valence-corrected chi connectivity index (χ0v) is 11.7. The van der Waals surface area contributed by atoms with E-state index in [4.69, 9.17) is 9.47 Å². The lowest BCUT2D eigenvalue weighted by Crippen LogP contribution is -2.07. The average molecular weight is 298 g/mol. The van der Waals surface area contributed by atoms with Gasteiger partial charge in [-0.3, -0.25) is 0 Å². The van der Waals surface area contributed by atoms with Crippen LogP contribution in [0.25, 0.3) is 5.69 Å². The molecule has 0 saturated carbocycles. The number of aromatic nitrogens is 6. The van der Waals surface area contributed by atoms with Crippen molar-refractivity contribution in [3.63, 3.8) is 0 Å². The highest BCUT2D eigenvalue weighted by Crippen LogP contribution is 2.27. The highest BCUT2D eigenvalue weighted by Gasteiger charge is 2.22. The number of hydrogen-bond donors (Lipinski definition) is 1. The van der Waals surface area contributed by atoms with E-state index in [9.17, 15) is 0 Å². The first-order chi connectivity index (χ1) is 10.9. The molecule has 1 unspecified atom stereocenters. The van der Waals surface area contributed by atoms with E-state index in [0.717, 1.165) is 31.1 Å². The molecule has 112 valence electrons. The molecule has 0 bridgehead atoms. The second-order valence-corrected chi connectivity index (χ2v) is 5.01. The zero-order valence-electron chi connectivity index (χ0n) is 11.7. The molecule has 1 aliphatic rings. The number of H-pyrrole nitrogens is 1. The fourth-order valence-electron chi connectivity index (χ4n) is 2.55. The maximum Gasteiger partial charge on any atom is 0.361 e. The van der Waals surface area contributed by atoms with Crippen molar-refractivity contribution in [1.82, 2.24) is 30.2 Å². The molecule has 1 N–H and O–H groups in total. The maximum absolute atomic E-state index is 5.46. The molecule has 0 amide bonds. The lowest BCUT2D eigenvalue weighted by Gasteiger charge is -2.12. The minimum absolute atomic E-state index is 0.194. The van der Waals surface area contributed by atoms with E-state index in [-0.39, 0.29) is 6.01 Å². The first kappa shape index (κ1) is 13.0. The van der Waals surface area contributed by atoms with Gasteiger partial charge < -0.3 is 14.0 Å². The lowest BCUT2D eigenvalue weighted by molar-refractivity contribution is 0.193. The molecule has 1 aliphatic heterocycles. The molecule has 3 aromatic rings. The summed E-state index contributed by atoms with van der Waals surface area (Å²) < 4.78 is 13.0. The quantitative estimate of drug-likeness (QED) is 0.788. The largest absolute Gasteiger partial charge is 0.422 e. The Kier molecular flexibility index (Phi) is 3.28. The summed E-state index contributed by atoms with van der Waals surface area (Å²) in [7, 11) is 0. The second kappa shape index (κ2) is 5.57. The monoisotopic (exact) mass is 298 g/mol. The number of ether oxygens (including phenoxy) is 2. The van der Waals surface area contributed by atoms with E-state index in [1.165, 1.54) is 0 Å². The summed E-state index contributed by atoms with van der Waals surface area (Å²) in [5, 5.41) is 13.3. The average Bonchev–Trinajstić information content (AvgIpc) is 3.30. The standard InChI is InChI=1S/C14H14N6O2/c1-3-12(22-14-16-18-19-17-14)4-2-11(1)20-7-6-15-13(20)10-5-8-21-9-10/h1-4,6-7,10H,5,8-9H2,(H,16,17,18,19). The Morgan fingerprint density at radius 2 is 2.18 bits per heavy atom. The number of rotatable bonds is 4. The van der Waals surface area contributed by atoms with Gasteiger partial charge in [0.15, 0.2) is 0 Å². The topological polar surface area (TPSA) is 90.7 Å². The normalized spacial score (nSPS) is 17.7. The highest BCUT2D eigenvalue weighted by atomic mass is 16.5. The van der Waals surface area contributed by atoms with Crippen molar-refractivity contribution in [2.24, 2.45) is 0 Å². The summed E-state index contributed by atoms with van der Waals surface area (Å²) in [6.45, 7) is 1.53. The predicted octanol–water partition coefficient (Wildman–Crippen LogP) is 1.68. The number of aromatic amines is 1. The van der Waals surface area contributed by atoms with Crippen molar-refractivity contribution < 1.29 is 9.47 Å². The Morgan fingerprint density at radius 3 is 2.91 bits per heavy atom. The number of hydrogen-bond acceptors (Lipinski definition) is 6. The van der Waals surface area contributed by atoms with Crippen molar-refractivity contribution in [2.75, 3.05) is 13.2 Å². The van der Waals surface area contributed by atoms with Gasteiger partial charge in [-0.15, -0.1) is 0 Å². The van der Waals surface area contributed by atoms with Crippen LogP contribution in [0, 0.1) is 0 Å². The van der Waals surface area contributed by atoms with Crippen molar-refractivity contribution >= 4 is 0 Å². The Bertz CT molecular complexity index is 731. The van der Waals surface area contributed by atoms with Crippen molar-refractivity contribution in [1.29, 1.82) is 0 Å². The van der Waals surface area contributed by atoms with Gasteiger partial charge in [-0.2, -0.15) is 5.21 Å². The predicted molar refractivity (Wildman–Crippen MR) is 76.0 cm³/mol. The summed E-state index contributed by atoms with van der Waals surface area (Å²) in [5.74, 6) is 2.03. The molecule has 0 radical (unpaired) electrons. The molecule has 1 aromatic carbocycles. The van der Waals surface area contributed by atoms with Crippen molar-refractivity contribution in [3.8, 4) is 17.4 Å². The van der Waals surface area contributed by atoms with Gasteiger partial charge in [-0.1, -0.05) is 10.2 Å². The summed E-state index contributed by atoms with van der Waals surface area (Å²) >= 11 is 0. The minimum Gasteiger partial charge on any atom is -0.422 e. The van der Waals surface area contributed by atoms with Crippen LogP contribution in [0.5, 0.6) is 11.8 Å². The third kappa shape index (κ3) is 2.44. The molecule has 0 spiro atoms. The summed E-state index contributed by atoms with van der Waals surface area (Å²) in [6, 6.07) is 7.85. The fourth-order valence-corrected chi connectivity index (χ4v) is 2.55. The number of imidazole rings is 1. The minimum atomic E-state index is 0.194. The first-order valence-electron chi connectivity index (χ1n) is 7.03. The van der Waals surface area contributed by atoms with Crippen LogP contribution in [-0.4, -0.2) is 43.4 Å². The van der Waals surface area contributed by atoms with Gasteiger partial charge in [0.1, 0.15) is 11.6 Å². The van der Waals surface area contributed by atoms with Crippen LogP contribution in [0.2, 0.25) is 0 Å². The van der Waals surface area contributed by atoms with E-state index in [2.05, 4.69) is 30.2 Å². The van der Waals surface area contributed by atoms with Gasteiger partial charge in [0.2, 0.25) is 0 Å². The zero-order chi connectivity index (χ0) is 14.8. The van der Waals surface area contributed by atoms with Crippen LogP contribution in [0.15, 0.2) is 36.7 Å². The van der Waals surface area contributed by atoms with Gasteiger partial charge in [-0.25, -0.2) is 4.98 Å². The van der Waals surface area contributed by atoms with Crippen LogP contribution in [0.4, 0.5) is 0 Å². The summed E-state index contributed by atoms with van der Waals surface area (Å²) in [5.41, 5.74) is 1.03. The van der Waals surface area contributed by atoms with Crippen LogP contribution < -0.4 is 4.74 Å². The first-order valence-corrected chi connectivity index (χ1v) is 7.03. The van der Waals surface area contributed by atoms with Crippen molar-refractivity contribution in [2.45, 2.75) is 12.3 Å². The van der Waals surface area contributed by atoms with E-state index < -0.39 is 0 Å². The van der Waals surface area contributed by atoms with Crippen LogP contribution >= 0.6 is 0 Å². The van der Waals surface area contributed by atoms with Gasteiger partial charge in [0.25, 0.3) is 0 Å². The van der Waals surface area contributed by atoms with Crippen LogP contribution in [0.1, 0.15) is 18.2 Å². The molecule has 3 heterocycles. The van der Waals surface area contributed by atoms with Gasteiger partial charge in [0, 0.05) is 30.6 Å². The number of tetrazole rings is 1. The number of benzene rings is 1. The Balaban J connectivity index is 1.57. The van der Waals surface area contributed by atoms with Crippen LogP contribution in [0.3, 0.4) is 0 Å². The summed E-state index contributed by atoms with van der Waals surface area (Å²) in [6.07, 6.45) is 4.79. The van der Waals surface area contributed by atoms with E-state index in [1.807, 2.05) is 36.7 Å². The molecule has 8 nitrogen and oxygen atoms in total. The maximum atomic E-state index is 5.46. The van der Waals surface area contributed by atoms with E-state index in [0.29, 0.717) is 11.7 Å². The molecule has 1 atom stereocenters. The molecule has 1 fully saturated rings. The third-order valence-electron chi connectivity index (χ3n) is 3.61. The summed E-state index contributed by atoms with van der Waals surface area (Å²) in [4.78, 5) is 4.48. The lowest BCUT2D eigenvalue weighted by atomic mass is 10.1. The van der Waals surface area contributed by atoms with Crippen molar-refractivity contribution in [3.05, 3.63) is 42.5 Å². The number of nitrogens with zero attached hydrogens (tertiary/aromatic N) is 5. The molecule has 1 saturated heterocycles. The van der Waals surface area contributed by atoms with Gasteiger partial charge in [0.05, 0.1) is 6.61 Å². The molecular formula is C14H14N6O2. The Hall–Kier alpha value is -2.74. The molecule has 0 aliphatic carbocycles. The Labute approximate surface area is 126 Å². The molecular weight excluding hydrogens is 284 g/mol. The SMILES string of the molecule is c1cn(-c2ccc(Oc3nn[nH]n3)cc2)c(C2CCOC2)n1. The Morgan fingerprint density at radius 1 is 1.27 bits per heavy atom. The molecule has 2 aromatic heterocycles. The highest BCUT2D eigenvalue weighted by molar-refractivity contribution is 5.39. The van der Waals surface area contributed by atoms with E-state index in [1.54, 1.807) is 0 Å². The number of nitrogens with one attached hydrogen (secondary N) is 1. The fraction of sp³-hybridized carbons (Fsp3) is 0.286. The molecule has 22 heavy (non-hydrogen) atoms.